The lowest BCUT2D eigenvalue weighted by atomic mass is 9.88. The van der Waals surface area contributed by atoms with E-state index in [2.05, 4.69) is 20.5 Å². The average Bonchev–Trinajstić information content (AvgIpc) is 2.74. The van der Waals surface area contributed by atoms with Crippen LogP contribution >= 0.6 is 0 Å². The molecule has 36 heavy (non-hydrogen) atoms. The van der Waals surface area contributed by atoms with Gasteiger partial charge in [0.05, 0.1) is 0 Å². The Kier molecular flexibility index (Phi) is 12.6. The number of hydrogen-bond donors (Lipinski definition) is 4. The van der Waals surface area contributed by atoms with Crippen LogP contribution in [0.5, 0.6) is 0 Å². The third-order valence-corrected chi connectivity index (χ3v) is 7.16. The molecule has 208 valence electrons. The zero-order valence-electron chi connectivity index (χ0n) is 23.5. The van der Waals surface area contributed by atoms with Crippen molar-refractivity contribution in [3.8, 4) is 0 Å². The number of carbonyl (C=O) groups is 4. The SMILES string of the molecule is CC(C)C(C)(N=NC(C)(C(=O)O)C(C)C)C(=O)O.CC(C)C(C)(N=NC(C)(C(=O)O)C(C)C)C(=O)O. The van der Waals surface area contributed by atoms with E-state index in [1.54, 1.807) is 55.4 Å². The highest BCUT2D eigenvalue weighted by atomic mass is 16.4. The molecule has 0 saturated carbocycles. The van der Waals surface area contributed by atoms with Gasteiger partial charge in [-0.3, -0.25) is 0 Å². The number of carboxylic acid groups (broad SMARTS) is 4. The van der Waals surface area contributed by atoms with Crippen LogP contribution in [-0.2, 0) is 19.2 Å². The number of carboxylic acids is 4. The molecule has 0 bridgehead atoms. The van der Waals surface area contributed by atoms with Crippen LogP contribution in [0.4, 0.5) is 0 Å². The first-order valence-corrected chi connectivity index (χ1v) is 11.8. The van der Waals surface area contributed by atoms with Crippen molar-refractivity contribution in [2.75, 3.05) is 0 Å². The van der Waals surface area contributed by atoms with Gasteiger partial charge in [0.2, 0.25) is 0 Å². The Labute approximate surface area is 213 Å². The number of aliphatic carboxylic acids is 4. The maximum atomic E-state index is 11.2. The molecule has 4 N–H and O–H groups in total. The molecule has 12 nitrogen and oxygen atoms in total. The van der Waals surface area contributed by atoms with Crippen molar-refractivity contribution < 1.29 is 39.6 Å². The molecule has 0 radical (unpaired) electrons. The first-order chi connectivity index (χ1) is 16.0. The monoisotopic (exact) mass is 516 g/mol. The standard InChI is InChI=1S/2C12H22N2O4/c2*1-7(2)11(5,9(15)16)13-14-12(6,8(3)4)10(17)18/h2*7-8H,1-6H3,(H,15,16)(H,17,18). The third-order valence-electron chi connectivity index (χ3n) is 7.16. The van der Waals surface area contributed by atoms with Crippen molar-refractivity contribution in [2.24, 2.45) is 44.1 Å². The summed E-state index contributed by atoms with van der Waals surface area (Å²) in [7, 11) is 0. The second kappa shape index (κ2) is 12.9. The molecule has 0 aromatic heterocycles. The van der Waals surface area contributed by atoms with Gasteiger partial charge in [0, 0.05) is 0 Å². The summed E-state index contributed by atoms with van der Waals surface area (Å²) in [5.41, 5.74) is -5.64. The highest BCUT2D eigenvalue weighted by Crippen LogP contribution is 2.29. The summed E-state index contributed by atoms with van der Waals surface area (Å²) in [6.45, 7) is 19.4. The lowest BCUT2D eigenvalue weighted by Crippen LogP contribution is -2.42. The topological polar surface area (TPSA) is 199 Å². The second-order valence-corrected chi connectivity index (χ2v) is 10.8. The van der Waals surface area contributed by atoms with E-state index >= 15 is 0 Å². The molecule has 0 heterocycles. The van der Waals surface area contributed by atoms with Crippen LogP contribution in [0.25, 0.3) is 0 Å². The smallest absolute Gasteiger partial charge is 0.333 e. The molecular weight excluding hydrogens is 472 g/mol. The van der Waals surface area contributed by atoms with E-state index < -0.39 is 46.0 Å². The summed E-state index contributed by atoms with van der Waals surface area (Å²) in [5.74, 6) is -5.60. The molecule has 0 rings (SSSR count). The molecule has 0 fully saturated rings. The van der Waals surface area contributed by atoms with Gasteiger partial charge in [0.15, 0.2) is 22.2 Å². The Bertz CT molecular complexity index is 732. The van der Waals surface area contributed by atoms with Gasteiger partial charge in [-0.05, 0) is 51.4 Å². The summed E-state index contributed by atoms with van der Waals surface area (Å²) in [5, 5.41) is 52.0. The fourth-order valence-electron chi connectivity index (χ4n) is 2.04. The van der Waals surface area contributed by atoms with Gasteiger partial charge in [-0.25, -0.2) is 19.2 Å². The summed E-state index contributed by atoms with van der Waals surface area (Å²) in [6.07, 6.45) is 0. The first-order valence-electron chi connectivity index (χ1n) is 11.8. The van der Waals surface area contributed by atoms with Crippen molar-refractivity contribution >= 4 is 23.9 Å². The Morgan fingerprint density at radius 3 is 0.583 bits per heavy atom. The molecule has 0 saturated heterocycles. The highest BCUT2D eigenvalue weighted by Gasteiger charge is 2.43. The van der Waals surface area contributed by atoms with Crippen molar-refractivity contribution in [1.82, 2.24) is 0 Å². The fourth-order valence-corrected chi connectivity index (χ4v) is 2.04. The van der Waals surface area contributed by atoms with E-state index in [1.807, 2.05) is 0 Å². The summed E-state index contributed by atoms with van der Waals surface area (Å²) < 4.78 is 0. The summed E-state index contributed by atoms with van der Waals surface area (Å²) in [6, 6.07) is 0. The van der Waals surface area contributed by atoms with Gasteiger partial charge in [0.25, 0.3) is 0 Å². The van der Waals surface area contributed by atoms with Crippen molar-refractivity contribution in [3.63, 3.8) is 0 Å². The molecular formula is C24H44N4O8. The summed E-state index contributed by atoms with van der Waals surface area (Å²) in [4.78, 5) is 44.9. The zero-order chi connectivity index (χ0) is 29.4. The molecule has 0 aromatic carbocycles. The minimum absolute atomic E-state index is 0.288. The van der Waals surface area contributed by atoms with Gasteiger partial charge in [-0.2, -0.15) is 20.5 Å². The fraction of sp³-hybridized carbons (Fsp3) is 0.833. The Hall–Kier alpha value is -2.92. The Morgan fingerprint density at radius 2 is 0.528 bits per heavy atom. The molecule has 0 aliphatic carbocycles. The number of rotatable bonds is 12. The van der Waals surface area contributed by atoms with E-state index in [-0.39, 0.29) is 23.7 Å². The van der Waals surface area contributed by atoms with E-state index in [9.17, 15) is 39.6 Å². The summed E-state index contributed by atoms with van der Waals surface area (Å²) >= 11 is 0. The van der Waals surface area contributed by atoms with E-state index in [0.29, 0.717) is 0 Å². The maximum Gasteiger partial charge on any atom is 0.333 e. The van der Waals surface area contributed by atoms with Crippen molar-refractivity contribution in [2.45, 2.75) is 105 Å². The minimum Gasteiger partial charge on any atom is -0.479 e. The van der Waals surface area contributed by atoms with Gasteiger partial charge in [-0.15, -0.1) is 0 Å². The molecule has 0 spiro atoms. The molecule has 4 atom stereocenters. The van der Waals surface area contributed by atoms with Crippen LogP contribution in [0.1, 0.15) is 83.1 Å². The average molecular weight is 517 g/mol. The number of nitrogens with zero attached hydrogens (tertiary/aromatic N) is 4. The predicted molar refractivity (Wildman–Crippen MR) is 133 cm³/mol. The quantitative estimate of drug-likeness (QED) is 0.263. The number of hydrogen-bond acceptors (Lipinski definition) is 8. The van der Waals surface area contributed by atoms with E-state index in [1.165, 1.54) is 27.7 Å². The van der Waals surface area contributed by atoms with Crippen LogP contribution in [0, 0.1) is 23.7 Å². The second-order valence-electron chi connectivity index (χ2n) is 10.8. The molecule has 12 heteroatoms. The normalized spacial score (nSPS) is 18.9. The van der Waals surface area contributed by atoms with E-state index in [0.717, 1.165) is 0 Å². The molecule has 0 amide bonds. The van der Waals surface area contributed by atoms with Gasteiger partial charge in [-0.1, -0.05) is 55.4 Å². The van der Waals surface area contributed by atoms with Gasteiger partial charge >= 0.3 is 23.9 Å². The van der Waals surface area contributed by atoms with Crippen molar-refractivity contribution in [1.29, 1.82) is 0 Å². The Morgan fingerprint density at radius 1 is 0.417 bits per heavy atom. The van der Waals surface area contributed by atoms with Crippen LogP contribution in [-0.4, -0.2) is 66.5 Å². The van der Waals surface area contributed by atoms with Crippen LogP contribution in [0.3, 0.4) is 0 Å². The maximum absolute atomic E-state index is 11.2. The number of azo groups is 2. The van der Waals surface area contributed by atoms with Gasteiger partial charge in [0.1, 0.15) is 0 Å². The van der Waals surface area contributed by atoms with Gasteiger partial charge < -0.3 is 20.4 Å². The highest BCUT2D eigenvalue weighted by molar-refractivity contribution is 5.81. The lowest BCUT2D eigenvalue weighted by Gasteiger charge is -2.27. The minimum atomic E-state index is -1.41. The van der Waals surface area contributed by atoms with Crippen LogP contribution < -0.4 is 0 Å². The van der Waals surface area contributed by atoms with Crippen molar-refractivity contribution in [3.05, 3.63) is 0 Å². The molecule has 0 aromatic rings. The Balaban J connectivity index is 0. The predicted octanol–water partition coefficient (Wildman–Crippen LogP) is 4.87. The van der Waals surface area contributed by atoms with Crippen LogP contribution in [0.15, 0.2) is 20.5 Å². The van der Waals surface area contributed by atoms with E-state index in [4.69, 9.17) is 0 Å². The third kappa shape index (κ3) is 8.06. The zero-order valence-corrected chi connectivity index (χ0v) is 23.5. The largest absolute Gasteiger partial charge is 0.479 e. The molecule has 0 aliphatic heterocycles. The lowest BCUT2D eigenvalue weighted by molar-refractivity contribution is -0.147. The van der Waals surface area contributed by atoms with Crippen LogP contribution in [0.2, 0.25) is 0 Å². The first kappa shape index (κ1) is 35.2. The molecule has 0 aliphatic rings. The molecule has 4 unspecified atom stereocenters.